The van der Waals surface area contributed by atoms with Crippen LogP contribution in [0.15, 0.2) is 4.99 Å². The van der Waals surface area contributed by atoms with E-state index in [0.29, 0.717) is 6.42 Å². The minimum Gasteiger partial charge on any atom is -0.469 e. The number of rotatable bonds is 11. The van der Waals surface area contributed by atoms with Crippen LogP contribution in [0.3, 0.4) is 0 Å². The lowest BCUT2D eigenvalue weighted by molar-refractivity contribution is -0.140. The highest BCUT2D eigenvalue weighted by molar-refractivity contribution is 5.79. The zero-order chi connectivity index (χ0) is 17.5. The molecule has 1 aliphatic rings. The lowest BCUT2D eigenvalue weighted by Gasteiger charge is -2.26. The topological polar surface area (TPSA) is 66.0 Å². The van der Waals surface area contributed by atoms with Gasteiger partial charge in [-0.1, -0.05) is 19.3 Å². The highest BCUT2D eigenvalue weighted by Crippen LogP contribution is 2.07. The number of ether oxygens (including phenoxy) is 1. The molecule has 6 heteroatoms. The second kappa shape index (κ2) is 14.1. The number of nitrogens with zero attached hydrogens (tertiary/aromatic N) is 2. The van der Waals surface area contributed by atoms with Gasteiger partial charge in [0.05, 0.1) is 7.11 Å². The van der Waals surface area contributed by atoms with E-state index in [1.165, 1.54) is 39.5 Å². The standard InChI is InChI=1S/C18H36N4O2/c1-3-19-18(21-13-16-22-14-9-6-10-15-22)20-12-8-5-4-7-11-17(23)24-2/h3-16H2,1-2H3,(H2,19,20,21). The number of likely N-dealkylation sites (tertiary alicyclic amines) is 1. The Hall–Kier alpha value is -1.30. The zero-order valence-corrected chi connectivity index (χ0v) is 15.6. The van der Waals surface area contributed by atoms with E-state index < -0.39 is 0 Å². The van der Waals surface area contributed by atoms with Crippen LogP contribution in [0.2, 0.25) is 0 Å². The van der Waals surface area contributed by atoms with Gasteiger partial charge in [-0.25, -0.2) is 0 Å². The van der Waals surface area contributed by atoms with Crippen LogP contribution >= 0.6 is 0 Å². The molecule has 1 rings (SSSR count). The molecule has 0 unspecified atom stereocenters. The molecule has 1 saturated heterocycles. The number of carbonyl (C=O) groups excluding carboxylic acids is 1. The van der Waals surface area contributed by atoms with Gasteiger partial charge in [0.1, 0.15) is 0 Å². The molecular formula is C18H36N4O2. The van der Waals surface area contributed by atoms with Crippen LogP contribution in [-0.4, -0.2) is 63.2 Å². The second-order valence-corrected chi connectivity index (χ2v) is 6.33. The Labute approximate surface area is 147 Å². The van der Waals surface area contributed by atoms with Gasteiger partial charge in [-0.2, -0.15) is 0 Å². The van der Waals surface area contributed by atoms with Crippen LogP contribution in [0.5, 0.6) is 0 Å². The van der Waals surface area contributed by atoms with Crippen molar-refractivity contribution in [2.45, 2.75) is 58.3 Å². The quantitative estimate of drug-likeness (QED) is 0.261. The summed E-state index contributed by atoms with van der Waals surface area (Å²) in [6.07, 6.45) is 8.72. The molecule has 1 fully saturated rings. The maximum Gasteiger partial charge on any atom is 0.305 e. The Kier molecular flexibility index (Phi) is 12.2. The molecule has 0 bridgehead atoms. The smallest absolute Gasteiger partial charge is 0.305 e. The van der Waals surface area contributed by atoms with Gasteiger partial charge in [-0.05, 0) is 45.7 Å². The molecule has 0 saturated carbocycles. The van der Waals surface area contributed by atoms with Crippen molar-refractivity contribution in [2.24, 2.45) is 4.99 Å². The molecule has 1 aliphatic heterocycles. The van der Waals surface area contributed by atoms with Gasteiger partial charge in [0.15, 0.2) is 5.96 Å². The molecule has 140 valence electrons. The molecule has 0 aromatic heterocycles. The maximum atomic E-state index is 11.0. The van der Waals surface area contributed by atoms with Crippen molar-refractivity contribution in [3.05, 3.63) is 0 Å². The van der Waals surface area contributed by atoms with Crippen LogP contribution in [0.25, 0.3) is 0 Å². The molecule has 0 aliphatic carbocycles. The Balaban J connectivity index is 2.09. The predicted molar refractivity (Wildman–Crippen MR) is 99.4 cm³/mol. The molecule has 0 atom stereocenters. The minimum atomic E-state index is -0.111. The van der Waals surface area contributed by atoms with Gasteiger partial charge < -0.3 is 20.3 Å². The number of nitrogens with one attached hydrogen (secondary N) is 2. The third kappa shape index (κ3) is 10.5. The maximum absolute atomic E-state index is 11.0. The van der Waals surface area contributed by atoms with Gasteiger partial charge >= 0.3 is 5.97 Å². The highest BCUT2D eigenvalue weighted by Gasteiger charge is 2.09. The van der Waals surface area contributed by atoms with Crippen LogP contribution in [0.1, 0.15) is 58.3 Å². The number of guanidine groups is 1. The fraction of sp³-hybridized carbons (Fsp3) is 0.889. The van der Waals surface area contributed by atoms with Crippen LogP contribution in [0, 0.1) is 0 Å². The van der Waals surface area contributed by atoms with Crippen molar-refractivity contribution in [3.8, 4) is 0 Å². The average molecular weight is 341 g/mol. The number of hydrogen-bond acceptors (Lipinski definition) is 4. The Morgan fingerprint density at radius 3 is 2.54 bits per heavy atom. The SMILES string of the molecule is CCNC(=NCCCCCCC(=O)OC)NCCN1CCCCC1. The Morgan fingerprint density at radius 2 is 1.83 bits per heavy atom. The fourth-order valence-corrected chi connectivity index (χ4v) is 2.88. The third-order valence-corrected chi connectivity index (χ3v) is 4.30. The van der Waals surface area contributed by atoms with Crippen LogP contribution < -0.4 is 10.6 Å². The minimum absolute atomic E-state index is 0.111. The van der Waals surface area contributed by atoms with E-state index in [2.05, 4.69) is 32.2 Å². The number of hydrogen-bond donors (Lipinski definition) is 2. The van der Waals surface area contributed by atoms with E-state index in [0.717, 1.165) is 57.8 Å². The first kappa shape index (κ1) is 20.7. The third-order valence-electron chi connectivity index (χ3n) is 4.30. The normalized spacial score (nSPS) is 16.0. The summed E-state index contributed by atoms with van der Waals surface area (Å²) in [6.45, 7) is 8.32. The summed E-state index contributed by atoms with van der Waals surface area (Å²) in [6, 6.07) is 0. The van der Waals surface area contributed by atoms with Crippen molar-refractivity contribution in [1.29, 1.82) is 0 Å². The fourth-order valence-electron chi connectivity index (χ4n) is 2.88. The van der Waals surface area contributed by atoms with Crippen molar-refractivity contribution >= 4 is 11.9 Å². The number of carbonyl (C=O) groups is 1. The number of esters is 1. The molecule has 0 aromatic rings. The van der Waals surface area contributed by atoms with Gasteiger partial charge in [0, 0.05) is 32.6 Å². The van der Waals surface area contributed by atoms with Crippen LogP contribution in [0.4, 0.5) is 0 Å². The zero-order valence-electron chi connectivity index (χ0n) is 15.6. The first-order valence-electron chi connectivity index (χ1n) is 9.57. The first-order valence-corrected chi connectivity index (χ1v) is 9.57. The van der Waals surface area contributed by atoms with Gasteiger partial charge in [-0.3, -0.25) is 9.79 Å². The molecule has 24 heavy (non-hydrogen) atoms. The molecule has 6 nitrogen and oxygen atoms in total. The molecule has 2 N–H and O–H groups in total. The summed E-state index contributed by atoms with van der Waals surface area (Å²) in [4.78, 5) is 18.2. The van der Waals surface area contributed by atoms with E-state index in [1.807, 2.05) is 0 Å². The Bertz CT molecular complexity index is 355. The van der Waals surface area contributed by atoms with Crippen molar-refractivity contribution in [1.82, 2.24) is 15.5 Å². The van der Waals surface area contributed by atoms with Crippen LogP contribution in [-0.2, 0) is 9.53 Å². The first-order chi connectivity index (χ1) is 11.8. The average Bonchev–Trinajstić information content (AvgIpc) is 2.61. The summed E-state index contributed by atoms with van der Waals surface area (Å²) in [5.74, 6) is 0.810. The predicted octanol–water partition coefficient (Wildman–Crippen LogP) is 2.15. The van der Waals surface area contributed by atoms with E-state index in [-0.39, 0.29) is 5.97 Å². The molecular weight excluding hydrogens is 304 g/mol. The number of aliphatic imine (C=N–C) groups is 1. The summed E-state index contributed by atoms with van der Waals surface area (Å²) >= 11 is 0. The van der Waals surface area contributed by atoms with E-state index in [4.69, 9.17) is 0 Å². The monoisotopic (exact) mass is 340 g/mol. The van der Waals surface area contributed by atoms with E-state index in [1.54, 1.807) is 0 Å². The largest absolute Gasteiger partial charge is 0.469 e. The number of methoxy groups -OCH3 is 1. The summed E-state index contributed by atoms with van der Waals surface area (Å²) in [7, 11) is 1.44. The lowest BCUT2D eigenvalue weighted by Crippen LogP contribution is -2.42. The molecule has 1 heterocycles. The molecule has 0 amide bonds. The van der Waals surface area contributed by atoms with Gasteiger partial charge in [0.25, 0.3) is 0 Å². The Morgan fingerprint density at radius 1 is 1.08 bits per heavy atom. The van der Waals surface area contributed by atoms with Crippen molar-refractivity contribution < 1.29 is 9.53 Å². The van der Waals surface area contributed by atoms with Gasteiger partial charge in [0.2, 0.25) is 0 Å². The molecule has 0 spiro atoms. The van der Waals surface area contributed by atoms with Crippen molar-refractivity contribution in [3.63, 3.8) is 0 Å². The molecule has 0 aromatic carbocycles. The van der Waals surface area contributed by atoms with Crippen molar-refractivity contribution in [2.75, 3.05) is 46.4 Å². The summed E-state index contributed by atoms with van der Waals surface area (Å²) in [5, 5.41) is 6.73. The second-order valence-electron chi connectivity index (χ2n) is 6.33. The lowest BCUT2D eigenvalue weighted by atomic mass is 10.1. The highest BCUT2D eigenvalue weighted by atomic mass is 16.5. The molecule has 0 radical (unpaired) electrons. The number of unbranched alkanes of at least 4 members (excludes halogenated alkanes) is 3. The summed E-state index contributed by atoms with van der Waals surface area (Å²) < 4.78 is 4.64. The van der Waals surface area contributed by atoms with E-state index >= 15 is 0 Å². The van der Waals surface area contributed by atoms with E-state index in [9.17, 15) is 4.79 Å². The number of piperidine rings is 1. The summed E-state index contributed by atoms with van der Waals surface area (Å²) in [5.41, 5.74) is 0. The van der Waals surface area contributed by atoms with Gasteiger partial charge in [-0.15, -0.1) is 0 Å².